The quantitative estimate of drug-likeness (QED) is 0.321. The van der Waals surface area contributed by atoms with Crippen molar-refractivity contribution in [3.8, 4) is 5.75 Å². The molecule has 0 spiro atoms. The topological polar surface area (TPSA) is 52.1 Å². The van der Waals surface area contributed by atoms with E-state index in [2.05, 4.69) is 39.4 Å². The molecule has 1 aliphatic heterocycles. The first-order chi connectivity index (χ1) is 13.0. The SMILES string of the molecule is CN=C(NCC(C)CN1CCN(C)CC1)NCC(C)Oc1ccccc1F.I. The Morgan fingerprint density at radius 2 is 1.79 bits per heavy atom. The van der Waals surface area contributed by atoms with E-state index in [-0.39, 0.29) is 41.6 Å². The summed E-state index contributed by atoms with van der Waals surface area (Å²) in [5, 5.41) is 6.62. The van der Waals surface area contributed by atoms with Crippen LogP contribution in [0.15, 0.2) is 29.3 Å². The summed E-state index contributed by atoms with van der Waals surface area (Å²) in [6, 6.07) is 6.46. The van der Waals surface area contributed by atoms with E-state index >= 15 is 0 Å². The normalized spacial score (nSPS) is 18.1. The highest BCUT2D eigenvalue weighted by Gasteiger charge is 2.16. The zero-order chi connectivity index (χ0) is 19.6. The molecule has 1 aromatic rings. The number of likely N-dealkylation sites (N-methyl/N-ethyl adjacent to an activating group) is 1. The van der Waals surface area contributed by atoms with Crippen LogP contribution in [0.1, 0.15) is 13.8 Å². The van der Waals surface area contributed by atoms with Gasteiger partial charge in [-0.15, -0.1) is 24.0 Å². The summed E-state index contributed by atoms with van der Waals surface area (Å²) in [6.45, 7) is 11.2. The fourth-order valence-electron chi connectivity index (χ4n) is 3.07. The van der Waals surface area contributed by atoms with Crippen molar-refractivity contribution in [3.63, 3.8) is 0 Å². The van der Waals surface area contributed by atoms with Crippen molar-refractivity contribution in [2.24, 2.45) is 10.9 Å². The molecule has 2 rings (SSSR count). The van der Waals surface area contributed by atoms with Crippen LogP contribution in [-0.2, 0) is 0 Å². The van der Waals surface area contributed by atoms with Gasteiger partial charge in [0, 0.05) is 46.3 Å². The molecule has 8 heteroatoms. The minimum atomic E-state index is -0.343. The summed E-state index contributed by atoms with van der Waals surface area (Å²) in [5.41, 5.74) is 0. The molecule has 2 N–H and O–H groups in total. The number of guanidine groups is 1. The molecule has 28 heavy (non-hydrogen) atoms. The second-order valence-electron chi connectivity index (χ2n) is 7.40. The number of hydrogen-bond acceptors (Lipinski definition) is 4. The van der Waals surface area contributed by atoms with Gasteiger partial charge in [0.2, 0.25) is 0 Å². The molecule has 6 nitrogen and oxygen atoms in total. The highest BCUT2D eigenvalue weighted by Crippen LogP contribution is 2.16. The predicted octanol–water partition coefficient (Wildman–Crippen LogP) is 2.26. The molecule has 1 saturated heterocycles. The van der Waals surface area contributed by atoms with Crippen molar-refractivity contribution in [1.29, 1.82) is 0 Å². The maximum atomic E-state index is 13.7. The minimum absolute atomic E-state index is 0. The Morgan fingerprint density at radius 3 is 2.43 bits per heavy atom. The fourth-order valence-corrected chi connectivity index (χ4v) is 3.07. The van der Waals surface area contributed by atoms with Crippen molar-refractivity contribution < 1.29 is 9.13 Å². The first kappa shape index (κ1) is 24.9. The number of piperazine rings is 1. The predicted molar refractivity (Wildman–Crippen MR) is 124 cm³/mol. The van der Waals surface area contributed by atoms with E-state index in [4.69, 9.17) is 4.74 Å². The molecule has 1 heterocycles. The molecule has 0 aliphatic carbocycles. The van der Waals surface area contributed by atoms with Gasteiger partial charge >= 0.3 is 0 Å². The number of nitrogens with zero attached hydrogens (tertiary/aromatic N) is 3. The second-order valence-corrected chi connectivity index (χ2v) is 7.40. The average Bonchev–Trinajstić information content (AvgIpc) is 2.65. The van der Waals surface area contributed by atoms with Crippen LogP contribution >= 0.6 is 24.0 Å². The Balaban J connectivity index is 0.00000392. The summed E-state index contributed by atoms with van der Waals surface area (Å²) in [6.07, 6.45) is -0.178. The molecule has 160 valence electrons. The lowest BCUT2D eigenvalue weighted by Crippen LogP contribution is -2.48. The van der Waals surface area contributed by atoms with Crippen LogP contribution < -0.4 is 15.4 Å². The molecule has 0 saturated carbocycles. The summed E-state index contributed by atoms with van der Waals surface area (Å²) in [5.74, 6) is 1.20. The molecule has 1 aromatic carbocycles. The second kappa shape index (κ2) is 13.2. The summed E-state index contributed by atoms with van der Waals surface area (Å²) < 4.78 is 19.3. The van der Waals surface area contributed by atoms with Gasteiger partial charge in [-0.25, -0.2) is 4.39 Å². The van der Waals surface area contributed by atoms with Gasteiger partial charge in [0.15, 0.2) is 17.5 Å². The van der Waals surface area contributed by atoms with E-state index in [9.17, 15) is 4.39 Å². The monoisotopic (exact) mass is 507 g/mol. The van der Waals surface area contributed by atoms with Gasteiger partial charge in [0.25, 0.3) is 0 Å². The van der Waals surface area contributed by atoms with Gasteiger partial charge in [0.1, 0.15) is 6.10 Å². The van der Waals surface area contributed by atoms with Crippen LogP contribution in [-0.4, -0.2) is 81.8 Å². The number of rotatable bonds is 8. The van der Waals surface area contributed by atoms with Crippen LogP contribution in [0, 0.1) is 11.7 Å². The third-order valence-electron chi connectivity index (χ3n) is 4.73. The minimum Gasteiger partial charge on any atom is -0.486 e. The number of para-hydroxylation sites is 1. The Bertz CT molecular complexity index is 596. The average molecular weight is 507 g/mol. The van der Waals surface area contributed by atoms with Gasteiger partial charge in [-0.05, 0) is 32.0 Å². The maximum Gasteiger partial charge on any atom is 0.191 e. The lowest BCUT2D eigenvalue weighted by Gasteiger charge is -2.34. The highest BCUT2D eigenvalue weighted by atomic mass is 127. The van der Waals surface area contributed by atoms with Crippen molar-refractivity contribution in [1.82, 2.24) is 20.4 Å². The fraction of sp³-hybridized carbons (Fsp3) is 0.650. The molecular formula is C20H35FIN5O. The third kappa shape index (κ3) is 8.91. The van der Waals surface area contributed by atoms with Crippen molar-refractivity contribution in [3.05, 3.63) is 30.1 Å². The smallest absolute Gasteiger partial charge is 0.191 e. The van der Waals surface area contributed by atoms with E-state index in [0.717, 1.165) is 45.2 Å². The van der Waals surface area contributed by atoms with Crippen molar-refractivity contribution in [2.75, 3.05) is 59.9 Å². The number of benzene rings is 1. The number of nitrogens with one attached hydrogen (secondary N) is 2. The van der Waals surface area contributed by atoms with Gasteiger partial charge in [-0.2, -0.15) is 0 Å². The molecular weight excluding hydrogens is 472 g/mol. The van der Waals surface area contributed by atoms with E-state index < -0.39 is 0 Å². The first-order valence-electron chi connectivity index (χ1n) is 9.74. The number of halogens is 2. The van der Waals surface area contributed by atoms with Gasteiger partial charge in [-0.1, -0.05) is 19.1 Å². The molecule has 0 amide bonds. The van der Waals surface area contributed by atoms with Crippen molar-refractivity contribution >= 4 is 29.9 Å². The van der Waals surface area contributed by atoms with E-state index in [0.29, 0.717) is 12.5 Å². The molecule has 2 unspecified atom stereocenters. The Labute approximate surface area is 185 Å². The zero-order valence-corrected chi connectivity index (χ0v) is 19.8. The van der Waals surface area contributed by atoms with Crippen molar-refractivity contribution in [2.45, 2.75) is 20.0 Å². The Morgan fingerprint density at radius 1 is 1.14 bits per heavy atom. The molecule has 0 aromatic heterocycles. The van der Waals surface area contributed by atoms with Crippen LogP contribution in [0.3, 0.4) is 0 Å². The van der Waals surface area contributed by atoms with Crippen LogP contribution in [0.5, 0.6) is 5.75 Å². The summed E-state index contributed by atoms with van der Waals surface area (Å²) >= 11 is 0. The summed E-state index contributed by atoms with van der Waals surface area (Å²) in [4.78, 5) is 9.15. The lowest BCUT2D eigenvalue weighted by molar-refractivity contribution is 0.139. The number of ether oxygens (including phenoxy) is 1. The summed E-state index contributed by atoms with van der Waals surface area (Å²) in [7, 11) is 3.93. The van der Waals surface area contributed by atoms with E-state index in [1.807, 2.05) is 6.92 Å². The molecule has 1 aliphatic rings. The third-order valence-corrected chi connectivity index (χ3v) is 4.73. The first-order valence-corrected chi connectivity index (χ1v) is 9.74. The van der Waals surface area contributed by atoms with Crippen LogP contribution in [0.2, 0.25) is 0 Å². The Hall–Kier alpha value is -1.13. The maximum absolute atomic E-state index is 13.7. The van der Waals surface area contributed by atoms with E-state index in [1.54, 1.807) is 25.2 Å². The van der Waals surface area contributed by atoms with Crippen LogP contribution in [0.25, 0.3) is 0 Å². The highest BCUT2D eigenvalue weighted by molar-refractivity contribution is 14.0. The molecule has 0 radical (unpaired) electrons. The van der Waals surface area contributed by atoms with Gasteiger partial charge < -0.3 is 25.2 Å². The zero-order valence-electron chi connectivity index (χ0n) is 17.4. The van der Waals surface area contributed by atoms with Gasteiger partial charge in [0.05, 0.1) is 6.54 Å². The van der Waals surface area contributed by atoms with Gasteiger partial charge in [-0.3, -0.25) is 4.99 Å². The molecule has 0 bridgehead atoms. The molecule has 1 fully saturated rings. The standard InChI is InChI=1S/C20H34FN5O.HI/c1-16(15-26-11-9-25(4)10-12-26)13-23-20(22-3)24-14-17(2)27-19-8-6-5-7-18(19)21;/h5-8,16-17H,9-15H2,1-4H3,(H2,22,23,24);1H. The van der Waals surface area contributed by atoms with E-state index in [1.165, 1.54) is 6.07 Å². The number of aliphatic imine (C=N–C) groups is 1. The molecule has 2 atom stereocenters. The van der Waals surface area contributed by atoms with Crippen LogP contribution in [0.4, 0.5) is 4.39 Å². The largest absolute Gasteiger partial charge is 0.486 e. The Kier molecular flexibility index (Phi) is 11.7. The number of hydrogen-bond donors (Lipinski definition) is 2. The lowest BCUT2D eigenvalue weighted by atomic mass is 10.1.